The lowest BCUT2D eigenvalue weighted by atomic mass is 10.0. The quantitative estimate of drug-likeness (QED) is 0.406. The standard InChI is InChI=1S/C12H10I3NO4/c13-5-1-6(10(15)8(14)2-5)11(17)16-9-4-20-3-7(9)12(18)19/h1-2,7,9H,3-4H2,(H,16,17)(H,18,19). The van der Waals surface area contributed by atoms with Crippen LogP contribution in [0.1, 0.15) is 10.4 Å². The van der Waals surface area contributed by atoms with E-state index in [-0.39, 0.29) is 19.1 Å². The molecule has 1 amide bonds. The molecule has 0 radical (unpaired) electrons. The molecule has 2 rings (SSSR count). The van der Waals surface area contributed by atoms with E-state index in [1.807, 2.05) is 6.07 Å². The van der Waals surface area contributed by atoms with E-state index in [0.29, 0.717) is 5.56 Å². The van der Waals surface area contributed by atoms with E-state index in [1.165, 1.54) is 0 Å². The van der Waals surface area contributed by atoms with Crippen LogP contribution in [0.2, 0.25) is 0 Å². The van der Waals surface area contributed by atoms with Gasteiger partial charge in [0.05, 0.1) is 24.8 Å². The lowest BCUT2D eigenvalue weighted by Gasteiger charge is -2.16. The zero-order valence-electron chi connectivity index (χ0n) is 10.0. The van der Waals surface area contributed by atoms with Crippen LogP contribution in [0.3, 0.4) is 0 Å². The molecule has 20 heavy (non-hydrogen) atoms. The molecule has 2 unspecified atom stereocenters. The smallest absolute Gasteiger partial charge is 0.311 e. The largest absolute Gasteiger partial charge is 0.481 e. The molecule has 0 bridgehead atoms. The van der Waals surface area contributed by atoms with Crippen molar-refractivity contribution in [2.24, 2.45) is 5.92 Å². The molecule has 1 saturated heterocycles. The second-order valence-electron chi connectivity index (χ2n) is 4.31. The Kier molecular flexibility index (Phi) is 5.88. The van der Waals surface area contributed by atoms with Crippen LogP contribution in [0.15, 0.2) is 12.1 Å². The monoisotopic (exact) mass is 613 g/mol. The first-order valence-corrected chi connectivity index (χ1v) is 8.89. The van der Waals surface area contributed by atoms with Crippen LogP contribution in [-0.2, 0) is 9.53 Å². The third-order valence-corrected chi connectivity index (χ3v) is 6.62. The third-order valence-electron chi connectivity index (χ3n) is 2.95. The highest BCUT2D eigenvalue weighted by Gasteiger charge is 2.35. The number of amides is 1. The molecule has 2 N–H and O–H groups in total. The number of halogens is 3. The summed E-state index contributed by atoms with van der Waals surface area (Å²) >= 11 is 6.45. The lowest BCUT2D eigenvalue weighted by Crippen LogP contribution is -2.43. The molecule has 2 atom stereocenters. The van der Waals surface area contributed by atoms with Crippen molar-refractivity contribution in [3.63, 3.8) is 0 Å². The van der Waals surface area contributed by atoms with Gasteiger partial charge in [-0.3, -0.25) is 9.59 Å². The number of carbonyl (C=O) groups is 2. The summed E-state index contributed by atoms with van der Waals surface area (Å²) in [4.78, 5) is 23.4. The number of carbonyl (C=O) groups excluding carboxylic acids is 1. The highest BCUT2D eigenvalue weighted by molar-refractivity contribution is 14.1. The van der Waals surface area contributed by atoms with Crippen LogP contribution in [0, 0.1) is 16.6 Å². The molecule has 0 aromatic heterocycles. The highest BCUT2D eigenvalue weighted by Crippen LogP contribution is 2.23. The maximum Gasteiger partial charge on any atom is 0.311 e. The molecule has 5 nitrogen and oxygen atoms in total. The van der Waals surface area contributed by atoms with Gasteiger partial charge in [-0.25, -0.2) is 0 Å². The van der Waals surface area contributed by atoms with E-state index >= 15 is 0 Å². The minimum absolute atomic E-state index is 0.140. The molecule has 0 aliphatic carbocycles. The highest BCUT2D eigenvalue weighted by atomic mass is 127. The van der Waals surface area contributed by atoms with E-state index in [4.69, 9.17) is 9.84 Å². The van der Waals surface area contributed by atoms with E-state index in [2.05, 4.69) is 73.1 Å². The molecule has 1 aliphatic heterocycles. The Balaban J connectivity index is 2.18. The number of hydrogen-bond acceptors (Lipinski definition) is 3. The summed E-state index contributed by atoms with van der Waals surface area (Å²) in [5, 5.41) is 11.8. The van der Waals surface area contributed by atoms with Crippen LogP contribution in [0.25, 0.3) is 0 Å². The Morgan fingerprint density at radius 3 is 2.60 bits per heavy atom. The number of benzene rings is 1. The first kappa shape index (κ1) is 16.7. The molecule has 1 heterocycles. The fourth-order valence-corrected chi connectivity index (χ4v) is 4.31. The predicted molar refractivity (Wildman–Crippen MR) is 97.8 cm³/mol. The first-order chi connectivity index (χ1) is 9.40. The van der Waals surface area contributed by atoms with Crippen molar-refractivity contribution in [3.05, 3.63) is 28.4 Å². The molecular formula is C12H10I3NO4. The number of rotatable bonds is 3. The van der Waals surface area contributed by atoms with Crippen molar-refractivity contribution in [2.75, 3.05) is 13.2 Å². The van der Waals surface area contributed by atoms with Crippen molar-refractivity contribution in [3.8, 4) is 0 Å². The maximum absolute atomic E-state index is 12.3. The van der Waals surface area contributed by atoms with Gasteiger partial charge in [0.2, 0.25) is 0 Å². The van der Waals surface area contributed by atoms with Crippen molar-refractivity contribution in [2.45, 2.75) is 6.04 Å². The summed E-state index contributed by atoms with van der Waals surface area (Å²) < 4.78 is 7.98. The van der Waals surface area contributed by atoms with Gasteiger partial charge < -0.3 is 15.2 Å². The zero-order chi connectivity index (χ0) is 14.9. The van der Waals surface area contributed by atoms with Gasteiger partial charge in [0.1, 0.15) is 5.92 Å². The number of hydrogen-bond donors (Lipinski definition) is 2. The minimum atomic E-state index is -0.945. The molecule has 1 aliphatic rings. The molecule has 0 spiro atoms. The average molecular weight is 613 g/mol. The Morgan fingerprint density at radius 2 is 1.95 bits per heavy atom. The normalized spacial score (nSPS) is 21.8. The molecular weight excluding hydrogens is 603 g/mol. The van der Waals surface area contributed by atoms with Crippen molar-refractivity contribution >= 4 is 79.6 Å². The number of nitrogens with one attached hydrogen (secondary N) is 1. The molecule has 1 aromatic carbocycles. The fraction of sp³-hybridized carbons (Fsp3) is 0.333. The van der Waals surface area contributed by atoms with Crippen LogP contribution < -0.4 is 5.32 Å². The summed E-state index contributed by atoms with van der Waals surface area (Å²) in [6.07, 6.45) is 0. The van der Waals surface area contributed by atoms with Crippen molar-refractivity contribution < 1.29 is 19.4 Å². The number of ether oxygens (including phenoxy) is 1. The summed E-state index contributed by atoms with van der Waals surface area (Å²) in [5.41, 5.74) is 0.568. The zero-order valence-corrected chi connectivity index (χ0v) is 16.5. The van der Waals surface area contributed by atoms with Gasteiger partial charge in [-0.1, -0.05) is 0 Å². The van der Waals surface area contributed by atoms with Gasteiger partial charge >= 0.3 is 5.97 Å². The first-order valence-electron chi connectivity index (χ1n) is 5.66. The Labute approximate surface area is 156 Å². The number of carboxylic acids is 1. The number of carboxylic acid groups (broad SMARTS) is 1. The van der Waals surface area contributed by atoms with Crippen LogP contribution in [0.4, 0.5) is 0 Å². The minimum Gasteiger partial charge on any atom is -0.481 e. The van der Waals surface area contributed by atoms with E-state index < -0.39 is 17.9 Å². The van der Waals surface area contributed by atoms with Crippen LogP contribution >= 0.6 is 67.8 Å². The summed E-state index contributed by atoms with van der Waals surface area (Å²) in [6, 6.07) is 3.30. The predicted octanol–water partition coefficient (Wildman–Crippen LogP) is 2.33. The van der Waals surface area contributed by atoms with E-state index in [0.717, 1.165) is 10.7 Å². The molecule has 1 fully saturated rings. The summed E-state index contributed by atoms with van der Waals surface area (Å²) in [6.45, 7) is 0.377. The van der Waals surface area contributed by atoms with Gasteiger partial charge in [0.25, 0.3) is 5.91 Å². The SMILES string of the molecule is O=C(NC1COCC1C(=O)O)c1cc(I)cc(I)c1I. The van der Waals surface area contributed by atoms with E-state index in [9.17, 15) is 9.59 Å². The van der Waals surface area contributed by atoms with Gasteiger partial charge in [-0.15, -0.1) is 0 Å². The van der Waals surface area contributed by atoms with Gasteiger partial charge in [0, 0.05) is 10.7 Å². The average Bonchev–Trinajstić information content (AvgIpc) is 2.81. The lowest BCUT2D eigenvalue weighted by molar-refractivity contribution is -0.142. The van der Waals surface area contributed by atoms with Gasteiger partial charge in [-0.2, -0.15) is 0 Å². The van der Waals surface area contributed by atoms with Crippen LogP contribution in [0.5, 0.6) is 0 Å². The molecule has 1 aromatic rings. The van der Waals surface area contributed by atoms with E-state index in [1.54, 1.807) is 6.07 Å². The van der Waals surface area contributed by atoms with Crippen molar-refractivity contribution in [1.82, 2.24) is 5.32 Å². The summed E-state index contributed by atoms with van der Waals surface area (Å²) in [5.74, 6) is -1.88. The Bertz CT molecular complexity index is 564. The second kappa shape index (κ2) is 7.05. The van der Waals surface area contributed by atoms with Gasteiger partial charge in [0.15, 0.2) is 0 Å². The molecule has 0 saturated carbocycles. The topological polar surface area (TPSA) is 75.6 Å². The Hall–Kier alpha value is 0.310. The van der Waals surface area contributed by atoms with Gasteiger partial charge in [-0.05, 0) is 79.9 Å². The maximum atomic E-state index is 12.3. The third kappa shape index (κ3) is 3.74. The number of aliphatic carboxylic acids is 1. The fourth-order valence-electron chi connectivity index (χ4n) is 1.91. The molecule has 108 valence electrons. The van der Waals surface area contributed by atoms with Crippen LogP contribution in [-0.4, -0.2) is 36.2 Å². The summed E-state index contributed by atoms with van der Waals surface area (Å²) in [7, 11) is 0. The molecule has 8 heteroatoms. The second-order valence-corrected chi connectivity index (χ2v) is 7.80. The Morgan fingerprint density at radius 1 is 1.25 bits per heavy atom. The van der Waals surface area contributed by atoms with Crippen molar-refractivity contribution in [1.29, 1.82) is 0 Å².